The lowest BCUT2D eigenvalue weighted by Crippen LogP contribution is -2.35. The fourth-order valence-electron chi connectivity index (χ4n) is 1.72. The molecule has 0 aromatic carbocycles. The zero-order valence-corrected chi connectivity index (χ0v) is 8.12. The number of carbonyl (C=O) groups is 1. The number of carbonyl (C=O) groups excluding carboxylic acids is 1. The molecule has 0 spiro atoms. The van der Waals surface area contributed by atoms with Crippen LogP contribution >= 0.6 is 0 Å². The molecule has 2 atom stereocenters. The average molecular weight is 184 g/mol. The van der Waals surface area contributed by atoms with Gasteiger partial charge >= 0.3 is 0 Å². The fraction of sp³-hybridized carbons (Fsp3) is 0.889. The van der Waals surface area contributed by atoms with Crippen molar-refractivity contribution >= 4 is 5.91 Å². The standard InChI is InChI=1S/C9H16N2O2/c1-9(2)3-6(9)4-11-8(12)7(10)5-13-11/h6-7H,3-5,10H2,1-2H3. The number of hydroxylamine groups is 2. The van der Waals surface area contributed by atoms with Crippen LogP contribution in [0.3, 0.4) is 0 Å². The minimum Gasteiger partial charge on any atom is -0.318 e. The SMILES string of the molecule is CC1(C)CC1CN1OCC(N)C1=O. The molecule has 0 radical (unpaired) electrons. The highest BCUT2D eigenvalue weighted by Crippen LogP contribution is 2.51. The van der Waals surface area contributed by atoms with Crippen LogP contribution in [0.25, 0.3) is 0 Å². The summed E-state index contributed by atoms with van der Waals surface area (Å²) in [6, 6.07) is -0.443. The van der Waals surface area contributed by atoms with Gasteiger partial charge in [-0.2, -0.15) is 0 Å². The summed E-state index contributed by atoms with van der Waals surface area (Å²) < 4.78 is 0. The second-order valence-electron chi connectivity index (χ2n) is 4.69. The predicted molar refractivity (Wildman–Crippen MR) is 47.5 cm³/mol. The first kappa shape index (κ1) is 8.97. The zero-order valence-electron chi connectivity index (χ0n) is 8.12. The Kier molecular flexibility index (Phi) is 1.85. The molecule has 74 valence electrons. The smallest absolute Gasteiger partial charge is 0.265 e. The molecule has 0 bridgehead atoms. The Labute approximate surface area is 78.0 Å². The molecule has 2 aliphatic rings. The van der Waals surface area contributed by atoms with Crippen LogP contribution in [0.2, 0.25) is 0 Å². The molecule has 1 saturated heterocycles. The summed E-state index contributed by atoms with van der Waals surface area (Å²) in [5.41, 5.74) is 5.90. The van der Waals surface area contributed by atoms with Crippen LogP contribution in [-0.2, 0) is 9.63 Å². The van der Waals surface area contributed by atoms with E-state index in [1.54, 1.807) is 0 Å². The summed E-state index contributed by atoms with van der Waals surface area (Å²) in [4.78, 5) is 16.5. The van der Waals surface area contributed by atoms with Gasteiger partial charge in [-0.25, -0.2) is 5.06 Å². The number of hydrogen-bond acceptors (Lipinski definition) is 3. The molecule has 13 heavy (non-hydrogen) atoms. The van der Waals surface area contributed by atoms with Gasteiger partial charge in [0, 0.05) is 0 Å². The second-order valence-corrected chi connectivity index (χ2v) is 4.69. The minimum atomic E-state index is -0.443. The maximum Gasteiger partial charge on any atom is 0.265 e. The molecule has 2 rings (SSSR count). The van der Waals surface area contributed by atoms with Gasteiger partial charge in [-0.15, -0.1) is 0 Å². The van der Waals surface area contributed by atoms with Crippen molar-refractivity contribution in [3.05, 3.63) is 0 Å². The van der Waals surface area contributed by atoms with E-state index in [1.807, 2.05) is 0 Å². The lowest BCUT2D eigenvalue weighted by atomic mass is 10.1. The van der Waals surface area contributed by atoms with Crippen molar-refractivity contribution in [1.29, 1.82) is 0 Å². The maximum absolute atomic E-state index is 11.4. The van der Waals surface area contributed by atoms with Crippen molar-refractivity contribution in [2.75, 3.05) is 13.2 Å². The minimum absolute atomic E-state index is 0.0669. The Bertz CT molecular complexity index is 240. The van der Waals surface area contributed by atoms with Crippen molar-refractivity contribution in [3.63, 3.8) is 0 Å². The lowest BCUT2D eigenvalue weighted by molar-refractivity contribution is -0.163. The summed E-state index contributed by atoms with van der Waals surface area (Å²) in [6.07, 6.45) is 1.18. The highest BCUT2D eigenvalue weighted by Gasteiger charge is 2.48. The monoisotopic (exact) mass is 184 g/mol. The third-order valence-corrected chi connectivity index (χ3v) is 3.08. The highest BCUT2D eigenvalue weighted by atomic mass is 16.7. The van der Waals surface area contributed by atoms with Gasteiger partial charge in [-0.3, -0.25) is 9.63 Å². The largest absolute Gasteiger partial charge is 0.318 e. The van der Waals surface area contributed by atoms with E-state index >= 15 is 0 Å². The summed E-state index contributed by atoms with van der Waals surface area (Å²) in [6.45, 7) is 5.46. The van der Waals surface area contributed by atoms with E-state index in [4.69, 9.17) is 10.6 Å². The number of hydrogen-bond donors (Lipinski definition) is 1. The molecule has 2 fully saturated rings. The second kappa shape index (κ2) is 2.69. The molecule has 2 N–H and O–H groups in total. The van der Waals surface area contributed by atoms with E-state index in [9.17, 15) is 4.79 Å². The van der Waals surface area contributed by atoms with Gasteiger partial charge in [0.2, 0.25) is 0 Å². The zero-order chi connectivity index (χ0) is 9.64. The Balaban J connectivity index is 1.87. The normalized spacial score (nSPS) is 36.8. The third kappa shape index (κ3) is 1.56. The molecule has 1 heterocycles. The first-order chi connectivity index (χ1) is 6.00. The Hall–Kier alpha value is -0.610. The van der Waals surface area contributed by atoms with Crippen LogP contribution in [0, 0.1) is 11.3 Å². The Morgan fingerprint density at radius 2 is 2.31 bits per heavy atom. The van der Waals surface area contributed by atoms with Crippen LogP contribution in [0.5, 0.6) is 0 Å². The molecule has 4 heteroatoms. The van der Waals surface area contributed by atoms with Gasteiger partial charge in [-0.05, 0) is 17.8 Å². The number of amides is 1. The van der Waals surface area contributed by atoms with E-state index in [0.29, 0.717) is 24.5 Å². The number of rotatable bonds is 2. The van der Waals surface area contributed by atoms with Crippen LogP contribution < -0.4 is 5.73 Å². The maximum atomic E-state index is 11.4. The first-order valence-electron chi connectivity index (χ1n) is 4.70. The molecule has 1 amide bonds. The van der Waals surface area contributed by atoms with E-state index in [0.717, 1.165) is 0 Å². The van der Waals surface area contributed by atoms with Gasteiger partial charge in [0.1, 0.15) is 6.04 Å². The average Bonchev–Trinajstić information content (AvgIpc) is 2.53. The quantitative estimate of drug-likeness (QED) is 0.664. The summed E-state index contributed by atoms with van der Waals surface area (Å²) in [7, 11) is 0. The lowest BCUT2D eigenvalue weighted by Gasteiger charge is -2.14. The highest BCUT2D eigenvalue weighted by molar-refractivity contribution is 5.82. The van der Waals surface area contributed by atoms with Crippen molar-refractivity contribution in [2.24, 2.45) is 17.1 Å². The van der Waals surface area contributed by atoms with E-state index in [2.05, 4.69) is 13.8 Å². The van der Waals surface area contributed by atoms with Gasteiger partial charge in [0.05, 0.1) is 13.2 Å². The molecular weight excluding hydrogens is 168 g/mol. The number of nitrogens with zero attached hydrogens (tertiary/aromatic N) is 1. The topological polar surface area (TPSA) is 55.6 Å². The fourth-order valence-corrected chi connectivity index (χ4v) is 1.72. The molecule has 2 unspecified atom stereocenters. The van der Waals surface area contributed by atoms with Crippen molar-refractivity contribution in [2.45, 2.75) is 26.3 Å². The molecule has 4 nitrogen and oxygen atoms in total. The van der Waals surface area contributed by atoms with Crippen molar-refractivity contribution in [1.82, 2.24) is 5.06 Å². The predicted octanol–water partition coefficient (Wildman–Crippen LogP) is 0.134. The van der Waals surface area contributed by atoms with Crippen molar-refractivity contribution < 1.29 is 9.63 Å². The van der Waals surface area contributed by atoms with Crippen LogP contribution in [-0.4, -0.2) is 30.2 Å². The summed E-state index contributed by atoms with van der Waals surface area (Å²) in [5, 5.41) is 1.43. The molecular formula is C9H16N2O2. The van der Waals surface area contributed by atoms with E-state index in [1.165, 1.54) is 11.5 Å². The van der Waals surface area contributed by atoms with Crippen LogP contribution in [0.15, 0.2) is 0 Å². The molecule has 1 aliphatic carbocycles. The van der Waals surface area contributed by atoms with Gasteiger partial charge < -0.3 is 5.73 Å². The van der Waals surface area contributed by atoms with E-state index in [-0.39, 0.29) is 5.91 Å². The van der Waals surface area contributed by atoms with Crippen LogP contribution in [0.4, 0.5) is 0 Å². The van der Waals surface area contributed by atoms with Gasteiger partial charge in [0.25, 0.3) is 5.91 Å². The van der Waals surface area contributed by atoms with Gasteiger partial charge in [0.15, 0.2) is 0 Å². The number of nitrogens with two attached hydrogens (primary N) is 1. The first-order valence-corrected chi connectivity index (χ1v) is 4.70. The third-order valence-electron chi connectivity index (χ3n) is 3.08. The van der Waals surface area contributed by atoms with E-state index < -0.39 is 6.04 Å². The molecule has 0 aromatic rings. The molecule has 1 aliphatic heterocycles. The van der Waals surface area contributed by atoms with Crippen LogP contribution in [0.1, 0.15) is 20.3 Å². The molecule has 0 aromatic heterocycles. The van der Waals surface area contributed by atoms with Crippen molar-refractivity contribution in [3.8, 4) is 0 Å². The Morgan fingerprint density at radius 3 is 2.69 bits per heavy atom. The van der Waals surface area contributed by atoms with Gasteiger partial charge in [-0.1, -0.05) is 13.8 Å². The molecule has 1 saturated carbocycles. The summed E-state index contributed by atoms with van der Waals surface area (Å²) >= 11 is 0. The summed E-state index contributed by atoms with van der Waals surface area (Å²) in [5.74, 6) is 0.518. The Morgan fingerprint density at radius 1 is 1.69 bits per heavy atom.